The molecule has 1 aliphatic carbocycles. The quantitative estimate of drug-likeness (QED) is 0.286. The van der Waals surface area contributed by atoms with Gasteiger partial charge in [-0.1, -0.05) is 86.5 Å². The van der Waals surface area contributed by atoms with Gasteiger partial charge in [-0.2, -0.15) is 0 Å². The summed E-state index contributed by atoms with van der Waals surface area (Å²) in [6.07, 6.45) is 0. The highest BCUT2D eigenvalue weighted by molar-refractivity contribution is 6.99. The second-order valence-corrected chi connectivity index (χ2v) is 12.6. The topological polar surface area (TPSA) is 58.0 Å². The smallest absolute Gasteiger partial charge is 0.261 e. The Hall–Kier alpha value is -2.21. The van der Waals surface area contributed by atoms with E-state index in [1.165, 1.54) is 0 Å². The van der Waals surface area contributed by atoms with Crippen molar-refractivity contribution in [3.8, 4) is 0 Å². The van der Waals surface area contributed by atoms with E-state index in [4.69, 9.17) is 9.96 Å². The molecule has 0 spiro atoms. The monoisotopic (exact) mass is 401 g/mol. The third-order valence-corrected chi connectivity index (χ3v) is 10.6. The van der Waals surface area contributed by atoms with E-state index in [0.717, 1.165) is 10.4 Å². The number of halogens is 2. The van der Waals surface area contributed by atoms with Crippen LogP contribution in [0, 0.1) is 11.8 Å². The Kier molecular flexibility index (Phi) is 5.61. The lowest BCUT2D eigenvalue weighted by atomic mass is 10.2. The van der Waals surface area contributed by atoms with Crippen molar-refractivity contribution in [3.63, 3.8) is 0 Å². The zero-order valence-electron chi connectivity index (χ0n) is 16.3. The third kappa shape index (κ3) is 3.57. The molecule has 0 N–H and O–H groups in total. The molecule has 0 heterocycles. The maximum Gasteiger partial charge on any atom is 0.261 e. The number of alkyl halides is 2. The van der Waals surface area contributed by atoms with Gasteiger partial charge in [0.25, 0.3) is 14.2 Å². The number of hydrogen-bond acceptors (Lipinski definition) is 2. The highest BCUT2D eigenvalue weighted by Gasteiger charge is 2.68. The van der Waals surface area contributed by atoms with Gasteiger partial charge in [-0.3, -0.25) is 0 Å². The van der Waals surface area contributed by atoms with E-state index in [-0.39, 0.29) is 18.2 Å². The zero-order chi connectivity index (χ0) is 20.4. The summed E-state index contributed by atoms with van der Waals surface area (Å²) in [5, 5.41) is 5.20. The molecular formula is C21H25F2N3OSi. The van der Waals surface area contributed by atoms with Crippen molar-refractivity contribution in [2.75, 3.05) is 13.2 Å². The first kappa shape index (κ1) is 20.5. The van der Waals surface area contributed by atoms with Crippen LogP contribution in [0.25, 0.3) is 10.4 Å². The lowest BCUT2D eigenvalue weighted by Gasteiger charge is -2.43. The zero-order valence-corrected chi connectivity index (χ0v) is 17.3. The predicted octanol–water partition coefficient (Wildman–Crippen LogP) is 4.75. The van der Waals surface area contributed by atoms with Crippen LogP contribution < -0.4 is 10.4 Å². The van der Waals surface area contributed by atoms with Gasteiger partial charge in [-0.05, 0) is 20.9 Å². The summed E-state index contributed by atoms with van der Waals surface area (Å²) in [7, 11) is -2.83. The molecule has 148 valence electrons. The van der Waals surface area contributed by atoms with E-state index in [1.54, 1.807) is 0 Å². The second-order valence-electron chi connectivity index (χ2n) is 8.28. The first-order valence-corrected chi connectivity index (χ1v) is 11.3. The molecule has 1 aliphatic rings. The van der Waals surface area contributed by atoms with Crippen LogP contribution in [-0.2, 0) is 4.43 Å². The Labute approximate surface area is 165 Å². The summed E-state index contributed by atoms with van der Waals surface area (Å²) < 4.78 is 35.0. The SMILES string of the molecule is CC(C)(C)[Si](OCC1C(CN=[N+]=[N-])C1(F)F)(c1ccccc1)c1ccccc1. The fourth-order valence-electron chi connectivity index (χ4n) is 4.04. The highest BCUT2D eigenvalue weighted by atomic mass is 28.4. The maximum absolute atomic E-state index is 14.2. The van der Waals surface area contributed by atoms with Crippen molar-refractivity contribution in [1.29, 1.82) is 0 Å². The average Bonchev–Trinajstić information content (AvgIpc) is 3.20. The van der Waals surface area contributed by atoms with Gasteiger partial charge in [0.1, 0.15) is 0 Å². The van der Waals surface area contributed by atoms with E-state index in [2.05, 4.69) is 30.8 Å². The molecule has 0 aliphatic heterocycles. The molecule has 2 aromatic carbocycles. The summed E-state index contributed by atoms with van der Waals surface area (Å²) in [6.45, 7) is 6.09. The minimum atomic E-state index is -2.85. The molecule has 2 aromatic rings. The van der Waals surface area contributed by atoms with E-state index >= 15 is 0 Å². The van der Waals surface area contributed by atoms with Crippen molar-refractivity contribution in [3.05, 3.63) is 71.1 Å². The van der Waals surface area contributed by atoms with Gasteiger partial charge in [0.05, 0.1) is 5.92 Å². The van der Waals surface area contributed by atoms with Crippen LogP contribution in [-0.4, -0.2) is 27.4 Å². The molecule has 0 amide bonds. The summed E-state index contributed by atoms with van der Waals surface area (Å²) in [5.74, 6) is -4.71. The van der Waals surface area contributed by atoms with Crippen LogP contribution in [0.2, 0.25) is 5.04 Å². The van der Waals surface area contributed by atoms with E-state index < -0.39 is 26.1 Å². The molecule has 2 unspecified atom stereocenters. The maximum atomic E-state index is 14.2. The number of benzene rings is 2. The molecule has 28 heavy (non-hydrogen) atoms. The Morgan fingerprint density at radius 1 is 1.00 bits per heavy atom. The lowest BCUT2D eigenvalue weighted by molar-refractivity contribution is 0.0745. The largest absolute Gasteiger partial charge is 0.407 e. The summed E-state index contributed by atoms with van der Waals surface area (Å²) in [6, 6.07) is 19.9. The first-order valence-electron chi connectivity index (χ1n) is 9.39. The second kappa shape index (κ2) is 7.66. The van der Waals surface area contributed by atoms with Crippen LogP contribution in [0.15, 0.2) is 65.8 Å². The van der Waals surface area contributed by atoms with E-state index in [9.17, 15) is 8.78 Å². The number of nitrogens with zero attached hydrogens (tertiary/aromatic N) is 3. The molecule has 0 saturated heterocycles. The van der Waals surface area contributed by atoms with Crippen LogP contribution in [0.5, 0.6) is 0 Å². The molecule has 1 fully saturated rings. The number of hydrogen-bond donors (Lipinski definition) is 0. The van der Waals surface area contributed by atoms with Crippen LogP contribution in [0.4, 0.5) is 8.78 Å². The van der Waals surface area contributed by atoms with Crippen LogP contribution in [0.1, 0.15) is 20.8 Å². The van der Waals surface area contributed by atoms with Gasteiger partial charge in [0.15, 0.2) is 0 Å². The van der Waals surface area contributed by atoms with Crippen molar-refractivity contribution in [2.24, 2.45) is 17.0 Å². The number of azide groups is 1. The number of rotatable bonds is 7. The van der Waals surface area contributed by atoms with Crippen LogP contribution >= 0.6 is 0 Å². The molecule has 0 aromatic heterocycles. The molecule has 2 atom stereocenters. The fourth-order valence-corrected chi connectivity index (χ4v) is 8.62. The standard InChI is InChI=1S/C21H25F2N3OSi/c1-20(2,3)28(16-10-6-4-7-11-16,17-12-8-5-9-13-17)27-15-19-18(14-25-26-24)21(19,22)23/h4-13,18-19H,14-15H2,1-3H3. The Bertz CT molecular complexity index is 809. The Morgan fingerprint density at radius 2 is 1.50 bits per heavy atom. The molecule has 1 saturated carbocycles. The molecule has 0 bridgehead atoms. The van der Waals surface area contributed by atoms with Gasteiger partial charge in [-0.15, -0.1) is 0 Å². The van der Waals surface area contributed by atoms with E-state index in [1.807, 2.05) is 60.7 Å². The lowest BCUT2D eigenvalue weighted by Crippen LogP contribution is -2.66. The Balaban J connectivity index is 1.99. The molecule has 3 rings (SSSR count). The minimum absolute atomic E-state index is 0.0497. The van der Waals surface area contributed by atoms with Gasteiger partial charge < -0.3 is 4.43 Å². The van der Waals surface area contributed by atoms with Crippen molar-refractivity contribution >= 4 is 18.7 Å². The summed E-state index contributed by atoms with van der Waals surface area (Å²) in [5.41, 5.74) is 8.45. The Morgan fingerprint density at radius 3 is 1.93 bits per heavy atom. The van der Waals surface area contributed by atoms with Gasteiger partial charge in [-0.25, -0.2) is 8.78 Å². The van der Waals surface area contributed by atoms with Gasteiger partial charge in [0, 0.05) is 24.0 Å². The van der Waals surface area contributed by atoms with Crippen molar-refractivity contribution in [1.82, 2.24) is 0 Å². The first-order chi connectivity index (χ1) is 13.2. The minimum Gasteiger partial charge on any atom is -0.407 e. The van der Waals surface area contributed by atoms with E-state index in [0.29, 0.717) is 0 Å². The molecule has 4 nitrogen and oxygen atoms in total. The molecule has 7 heteroatoms. The summed E-state index contributed by atoms with van der Waals surface area (Å²) >= 11 is 0. The predicted molar refractivity (Wildman–Crippen MR) is 110 cm³/mol. The molecular weight excluding hydrogens is 376 g/mol. The van der Waals surface area contributed by atoms with Gasteiger partial charge in [0.2, 0.25) is 0 Å². The van der Waals surface area contributed by atoms with Crippen molar-refractivity contribution in [2.45, 2.75) is 31.7 Å². The summed E-state index contributed by atoms with van der Waals surface area (Å²) in [4.78, 5) is 2.62. The van der Waals surface area contributed by atoms with Gasteiger partial charge >= 0.3 is 0 Å². The fraction of sp³-hybridized carbons (Fsp3) is 0.429. The third-order valence-electron chi connectivity index (χ3n) is 5.60. The molecule has 0 radical (unpaired) electrons. The highest BCUT2D eigenvalue weighted by Crippen LogP contribution is 2.56. The van der Waals surface area contributed by atoms with Crippen molar-refractivity contribution < 1.29 is 13.2 Å². The van der Waals surface area contributed by atoms with Crippen LogP contribution in [0.3, 0.4) is 0 Å². The normalized spacial score (nSPS) is 21.0. The average molecular weight is 402 g/mol.